The number of nitrogen functional groups attached to an aromatic ring is 1. The normalized spacial score (nSPS) is 17.4. The first-order valence-electron chi connectivity index (χ1n) is 6.94. The Morgan fingerprint density at radius 1 is 1.35 bits per heavy atom. The summed E-state index contributed by atoms with van der Waals surface area (Å²) in [7, 11) is 0. The van der Waals surface area contributed by atoms with E-state index in [0.717, 1.165) is 36.6 Å². The smallest absolute Gasteiger partial charge is 0.268 e. The number of aromatic amines is 1. The molecule has 1 aromatic heterocycles. The van der Waals surface area contributed by atoms with Gasteiger partial charge in [0.15, 0.2) is 0 Å². The molecule has 1 saturated carbocycles. The second-order valence-electron chi connectivity index (χ2n) is 5.63. The van der Waals surface area contributed by atoms with Gasteiger partial charge in [0.2, 0.25) is 0 Å². The molecule has 1 heterocycles. The molecule has 0 radical (unpaired) electrons. The number of hydrogen-bond donors (Lipinski definition) is 4. The summed E-state index contributed by atoms with van der Waals surface area (Å²) in [5.74, 6) is -0.171. The van der Waals surface area contributed by atoms with Crippen molar-refractivity contribution in [1.29, 1.82) is 0 Å². The fourth-order valence-electron chi connectivity index (χ4n) is 2.96. The summed E-state index contributed by atoms with van der Waals surface area (Å²) in [6.07, 6.45) is 3.76. The lowest BCUT2D eigenvalue weighted by Gasteiger charge is -2.27. The topological polar surface area (TPSA) is 91.1 Å². The molecule has 20 heavy (non-hydrogen) atoms. The van der Waals surface area contributed by atoms with E-state index in [1.165, 1.54) is 0 Å². The third kappa shape index (κ3) is 2.25. The van der Waals surface area contributed by atoms with Crippen molar-refractivity contribution in [2.75, 3.05) is 12.3 Å². The molecule has 1 aliphatic carbocycles. The predicted octanol–water partition coefficient (Wildman–Crippen LogP) is 1.78. The predicted molar refractivity (Wildman–Crippen MR) is 78.5 cm³/mol. The third-order valence-electron chi connectivity index (χ3n) is 4.13. The average Bonchev–Trinajstić information content (AvgIpc) is 3.05. The first-order valence-corrected chi connectivity index (χ1v) is 6.94. The van der Waals surface area contributed by atoms with E-state index in [4.69, 9.17) is 5.73 Å². The van der Waals surface area contributed by atoms with Crippen LogP contribution < -0.4 is 11.1 Å². The number of benzene rings is 1. The Hall–Kier alpha value is -2.01. The van der Waals surface area contributed by atoms with Gasteiger partial charge in [-0.05, 0) is 37.1 Å². The van der Waals surface area contributed by atoms with Crippen molar-refractivity contribution < 1.29 is 9.90 Å². The lowest BCUT2D eigenvalue weighted by atomic mass is 9.99. The van der Waals surface area contributed by atoms with Crippen molar-refractivity contribution in [3.63, 3.8) is 0 Å². The third-order valence-corrected chi connectivity index (χ3v) is 4.13. The Kier molecular flexibility index (Phi) is 3.14. The minimum absolute atomic E-state index is 0.00802. The Labute approximate surface area is 117 Å². The number of carbonyl (C=O) groups excluding carboxylic acids is 1. The monoisotopic (exact) mass is 273 g/mol. The van der Waals surface area contributed by atoms with Gasteiger partial charge in [-0.2, -0.15) is 0 Å². The highest BCUT2D eigenvalue weighted by molar-refractivity contribution is 5.98. The van der Waals surface area contributed by atoms with Crippen LogP contribution in [0.1, 0.15) is 36.2 Å². The molecule has 0 spiro atoms. The molecule has 106 valence electrons. The van der Waals surface area contributed by atoms with Crippen LogP contribution in [0.2, 0.25) is 0 Å². The van der Waals surface area contributed by atoms with E-state index in [-0.39, 0.29) is 12.5 Å². The zero-order valence-corrected chi connectivity index (χ0v) is 11.3. The van der Waals surface area contributed by atoms with E-state index < -0.39 is 5.54 Å². The number of hydrogen-bond acceptors (Lipinski definition) is 3. The molecule has 1 aromatic carbocycles. The number of carbonyl (C=O) groups is 1. The number of aliphatic hydroxyl groups excluding tert-OH is 1. The van der Waals surface area contributed by atoms with Crippen LogP contribution >= 0.6 is 0 Å². The highest BCUT2D eigenvalue weighted by Gasteiger charge is 2.35. The molecule has 1 amide bonds. The van der Waals surface area contributed by atoms with Gasteiger partial charge in [0.1, 0.15) is 5.69 Å². The van der Waals surface area contributed by atoms with Crippen molar-refractivity contribution in [2.45, 2.75) is 31.2 Å². The largest absolute Gasteiger partial charge is 0.399 e. The summed E-state index contributed by atoms with van der Waals surface area (Å²) in [6.45, 7) is -0.00802. The first kappa shape index (κ1) is 13.0. The van der Waals surface area contributed by atoms with Gasteiger partial charge in [-0.3, -0.25) is 4.79 Å². The molecule has 3 rings (SSSR count). The zero-order chi connectivity index (χ0) is 14.2. The molecule has 5 nitrogen and oxygen atoms in total. The van der Waals surface area contributed by atoms with Gasteiger partial charge in [0.05, 0.1) is 12.1 Å². The lowest BCUT2D eigenvalue weighted by Crippen LogP contribution is -2.49. The molecule has 2 aromatic rings. The molecule has 0 saturated heterocycles. The number of H-pyrrole nitrogens is 1. The maximum atomic E-state index is 12.3. The summed E-state index contributed by atoms with van der Waals surface area (Å²) in [5.41, 5.74) is 7.35. The standard InChI is InChI=1S/C15H19N3O2/c16-11-3-4-12-10(7-11)8-13(17-12)14(20)18-15(9-19)5-1-2-6-15/h3-4,7-8,17,19H,1-2,5-6,9,16H2,(H,18,20). The van der Waals surface area contributed by atoms with Gasteiger partial charge in [0.25, 0.3) is 5.91 Å². The maximum absolute atomic E-state index is 12.3. The van der Waals surface area contributed by atoms with Gasteiger partial charge in [0, 0.05) is 16.6 Å². The van der Waals surface area contributed by atoms with Gasteiger partial charge in [-0.15, -0.1) is 0 Å². The van der Waals surface area contributed by atoms with E-state index in [1.807, 2.05) is 12.1 Å². The van der Waals surface area contributed by atoms with E-state index in [2.05, 4.69) is 10.3 Å². The van der Waals surface area contributed by atoms with Crippen molar-refractivity contribution in [1.82, 2.24) is 10.3 Å². The van der Waals surface area contributed by atoms with Crippen LogP contribution in [-0.2, 0) is 0 Å². The van der Waals surface area contributed by atoms with Crippen molar-refractivity contribution in [2.24, 2.45) is 0 Å². The van der Waals surface area contributed by atoms with Crippen LogP contribution in [0.25, 0.3) is 10.9 Å². The van der Waals surface area contributed by atoms with E-state index in [0.29, 0.717) is 11.4 Å². The van der Waals surface area contributed by atoms with Crippen LogP contribution in [0, 0.1) is 0 Å². The van der Waals surface area contributed by atoms with Gasteiger partial charge >= 0.3 is 0 Å². The summed E-state index contributed by atoms with van der Waals surface area (Å²) < 4.78 is 0. The van der Waals surface area contributed by atoms with Crippen LogP contribution in [-0.4, -0.2) is 28.1 Å². The van der Waals surface area contributed by atoms with Crippen molar-refractivity contribution >= 4 is 22.5 Å². The number of nitrogens with one attached hydrogen (secondary N) is 2. The zero-order valence-electron chi connectivity index (χ0n) is 11.3. The van der Waals surface area contributed by atoms with Gasteiger partial charge in [-0.1, -0.05) is 12.8 Å². The van der Waals surface area contributed by atoms with Crippen molar-refractivity contribution in [3.8, 4) is 0 Å². The second-order valence-corrected chi connectivity index (χ2v) is 5.63. The average molecular weight is 273 g/mol. The van der Waals surface area contributed by atoms with E-state index >= 15 is 0 Å². The Balaban J connectivity index is 1.85. The fraction of sp³-hybridized carbons (Fsp3) is 0.400. The summed E-state index contributed by atoms with van der Waals surface area (Å²) >= 11 is 0. The number of fused-ring (bicyclic) bond motifs is 1. The first-order chi connectivity index (χ1) is 9.62. The SMILES string of the molecule is Nc1ccc2[nH]c(C(=O)NC3(CO)CCCC3)cc2c1. The summed E-state index contributed by atoms with van der Waals surface area (Å²) in [6, 6.07) is 7.28. The molecule has 0 unspecified atom stereocenters. The van der Waals surface area contributed by atoms with Crippen LogP contribution in [0.3, 0.4) is 0 Å². The molecule has 1 aliphatic rings. The molecular weight excluding hydrogens is 254 g/mol. The van der Waals surface area contributed by atoms with Gasteiger partial charge in [-0.25, -0.2) is 0 Å². The highest BCUT2D eigenvalue weighted by Crippen LogP contribution is 2.29. The van der Waals surface area contributed by atoms with Crippen LogP contribution in [0.15, 0.2) is 24.3 Å². The molecule has 0 bridgehead atoms. The summed E-state index contributed by atoms with van der Waals surface area (Å²) in [4.78, 5) is 15.4. The van der Waals surface area contributed by atoms with Crippen LogP contribution in [0.4, 0.5) is 5.69 Å². The maximum Gasteiger partial charge on any atom is 0.268 e. The number of anilines is 1. The van der Waals surface area contributed by atoms with E-state index in [9.17, 15) is 9.90 Å². The number of aliphatic hydroxyl groups is 1. The van der Waals surface area contributed by atoms with Crippen LogP contribution in [0.5, 0.6) is 0 Å². The minimum atomic E-state index is -0.451. The molecule has 5 heteroatoms. The highest BCUT2D eigenvalue weighted by atomic mass is 16.3. The quantitative estimate of drug-likeness (QED) is 0.642. The summed E-state index contributed by atoms with van der Waals surface area (Å²) in [5, 5.41) is 13.4. The molecular formula is C15H19N3O2. The molecule has 5 N–H and O–H groups in total. The Bertz CT molecular complexity index is 642. The second kappa shape index (κ2) is 4.83. The minimum Gasteiger partial charge on any atom is -0.399 e. The molecule has 1 fully saturated rings. The number of amides is 1. The number of nitrogens with two attached hydrogens (primary N) is 1. The molecule has 0 aliphatic heterocycles. The lowest BCUT2D eigenvalue weighted by molar-refractivity contribution is 0.0834. The number of rotatable bonds is 3. The van der Waals surface area contributed by atoms with Crippen molar-refractivity contribution in [3.05, 3.63) is 30.0 Å². The Morgan fingerprint density at radius 3 is 2.80 bits per heavy atom. The fourth-order valence-corrected chi connectivity index (χ4v) is 2.96. The molecule has 0 atom stereocenters. The van der Waals surface area contributed by atoms with E-state index in [1.54, 1.807) is 12.1 Å². The number of aromatic nitrogens is 1. The van der Waals surface area contributed by atoms with Gasteiger partial charge < -0.3 is 21.1 Å². The Morgan fingerprint density at radius 2 is 2.10 bits per heavy atom.